The van der Waals surface area contributed by atoms with Crippen molar-refractivity contribution < 1.29 is 12.8 Å². The molecule has 2 rings (SSSR count). The molecule has 6 heteroatoms. The van der Waals surface area contributed by atoms with E-state index in [0.717, 1.165) is 5.56 Å². The zero-order valence-corrected chi connectivity index (χ0v) is 13.4. The minimum absolute atomic E-state index is 0.170. The van der Waals surface area contributed by atoms with E-state index in [0.29, 0.717) is 37.8 Å². The molecule has 21 heavy (non-hydrogen) atoms. The minimum Gasteiger partial charge on any atom is -0.310 e. The second-order valence-electron chi connectivity index (χ2n) is 5.89. The van der Waals surface area contributed by atoms with Crippen LogP contribution in [0.3, 0.4) is 0 Å². The van der Waals surface area contributed by atoms with E-state index in [1.165, 1.54) is 6.07 Å². The van der Waals surface area contributed by atoms with Gasteiger partial charge in [0.05, 0.1) is 11.5 Å². The number of hydrogen-bond donors (Lipinski definition) is 1. The van der Waals surface area contributed by atoms with Crippen LogP contribution in [0.1, 0.15) is 25.0 Å². The molecule has 0 spiro atoms. The van der Waals surface area contributed by atoms with Gasteiger partial charge in [-0.05, 0) is 11.6 Å². The van der Waals surface area contributed by atoms with Gasteiger partial charge in [0.1, 0.15) is 5.82 Å². The molecule has 0 aliphatic carbocycles. The second kappa shape index (κ2) is 6.85. The fourth-order valence-corrected chi connectivity index (χ4v) is 3.61. The monoisotopic (exact) mass is 314 g/mol. The molecule has 1 heterocycles. The van der Waals surface area contributed by atoms with E-state index in [1.54, 1.807) is 6.07 Å². The van der Waals surface area contributed by atoms with Crippen LogP contribution in [0.5, 0.6) is 0 Å². The van der Waals surface area contributed by atoms with Crippen molar-refractivity contribution in [1.82, 2.24) is 10.2 Å². The summed E-state index contributed by atoms with van der Waals surface area (Å²) in [4.78, 5) is 2.00. The lowest BCUT2D eigenvalue weighted by Crippen LogP contribution is -2.39. The van der Waals surface area contributed by atoms with Gasteiger partial charge in [0, 0.05) is 37.8 Å². The first kappa shape index (κ1) is 16.4. The maximum atomic E-state index is 13.9. The summed E-state index contributed by atoms with van der Waals surface area (Å²) in [5.74, 6) is 0.114. The van der Waals surface area contributed by atoms with Gasteiger partial charge in [-0.1, -0.05) is 26.0 Å². The predicted molar refractivity (Wildman–Crippen MR) is 82.3 cm³/mol. The molecule has 0 amide bonds. The molecule has 1 fully saturated rings. The number of nitrogens with zero attached hydrogens (tertiary/aromatic N) is 1. The average Bonchev–Trinajstić information content (AvgIpc) is 2.42. The summed E-state index contributed by atoms with van der Waals surface area (Å²) < 4.78 is 36.7. The largest absolute Gasteiger partial charge is 0.310 e. The normalized spacial score (nSPS) is 19.0. The van der Waals surface area contributed by atoms with Crippen LogP contribution in [-0.4, -0.2) is 44.0 Å². The van der Waals surface area contributed by atoms with E-state index < -0.39 is 9.84 Å². The van der Waals surface area contributed by atoms with Crippen LogP contribution >= 0.6 is 0 Å². The molecule has 118 valence electrons. The molecule has 1 saturated heterocycles. The number of hydrogen-bond acceptors (Lipinski definition) is 4. The van der Waals surface area contributed by atoms with Crippen LogP contribution in [0.15, 0.2) is 18.2 Å². The van der Waals surface area contributed by atoms with E-state index in [1.807, 2.05) is 11.0 Å². The lowest BCUT2D eigenvalue weighted by atomic mass is 10.1. The molecule has 1 aromatic carbocycles. The Hall–Kier alpha value is -0.980. The zero-order chi connectivity index (χ0) is 15.5. The maximum Gasteiger partial charge on any atom is 0.152 e. The van der Waals surface area contributed by atoms with E-state index in [-0.39, 0.29) is 17.3 Å². The third-order valence-corrected chi connectivity index (χ3v) is 5.26. The Kier molecular flexibility index (Phi) is 5.35. The second-order valence-corrected chi connectivity index (χ2v) is 8.19. The molecule has 0 aromatic heterocycles. The zero-order valence-electron chi connectivity index (χ0n) is 12.6. The summed E-state index contributed by atoms with van der Waals surface area (Å²) >= 11 is 0. The van der Waals surface area contributed by atoms with E-state index in [4.69, 9.17) is 0 Å². The average molecular weight is 314 g/mol. The van der Waals surface area contributed by atoms with E-state index >= 15 is 0 Å². The Balaban J connectivity index is 2.00. The fraction of sp³-hybridized carbons (Fsp3) is 0.600. The molecule has 0 saturated carbocycles. The van der Waals surface area contributed by atoms with Crippen molar-refractivity contribution in [3.8, 4) is 0 Å². The summed E-state index contributed by atoms with van der Waals surface area (Å²) in [6.07, 6.45) is 0. The maximum absolute atomic E-state index is 13.9. The lowest BCUT2D eigenvalue weighted by Gasteiger charge is -2.26. The SMILES string of the molecule is CC(C)NCc1ccc(F)c(CN2CCS(=O)(=O)CC2)c1. The third kappa shape index (κ3) is 5.05. The first-order valence-electron chi connectivity index (χ1n) is 7.29. The Labute approximate surface area is 126 Å². The molecular formula is C15H23FN2O2S. The smallest absolute Gasteiger partial charge is 0.152 e. The molecule has 0 atom stereocenters. The molecule has 0 bridgehead atoms. The number of halogens is 1. The van der Waals surface area contributed by atoms with Crippen molar-refractivity contribution in [2.24, 2.45) is 0 Å². The number of rotatable bonds is 5. The van der Waals surface area contributed by atoms with Crippen LogP contribution in [0.4, 0.5) is 4.39 Å². The molecule has 1 aromatic rings. The molecular weight excluding hydrogens is 291 g/mol. The number of nitrogens with one attached hydrogen (secondary N) is 1. The van der Waals surface area contributed by atoms with Crippen LogP contribution < -0.4 is 5.32 Å². The van der Waals surface area contributed by atoms with Crippen molar-refractivity contribution in [3.05, 3.63) is 35.1 Å². The third-order valence-electron chi connectivity index (χ3n) is 3.66. The number of benzene rings is 1. The predicted octanol–water partition coefficient (Wildman–Crippen LogP) is 1.55. The van der Waals surface area contributed by atoms with Crippen molar-refractivity contribution in [2.45, 2.75) is 33.0 Å². The van der Waals surface area contributed by atoms with Crippen LogP contribution in [0.25, 0.3) is 0 Å². The highest BCUT2D eigenvalue weighted by Gasteiger charge is 2.22. The van der Waals surface area contributed by atoms with Gasteiger partial charge in [-0.3, -0.25) is 4.90 Å². The highest BCUT2D eigenvalue weighted by molar-refractivity contribution is 7.91. The van der Waals surface area contributed by atoms with Crippen molar-refractivity contribution >= 4 is 9.84 Å². The van der Waals surface area contributed by atoms with Gasteiger partial charge in [0.25, 0.3) is 0 Å². The van der Waals surface area contributed by atoms with Gasteiger partial charge >= 0.3 is 0 Å². The standard InChI is InChI=1S/C15H23FN2O2S/c1-12(2)17-10-13-3-4-15(16)14(9-13)11-18-5-7-21(19,20)8-6-18/h3-4,9,12,17H,5-8,10-11H2,1-2H3. The van der Waals surface area contributed by atoms with Gasteiger partial charge in [0.2, 0.25) is 0 Å². The van der Waals surface area contributed by atoms with Crippen molar-refractivity contribution in [3.63, 3.8) is 0 Å². The molecule has 1 aliphatic heterocycles. The Morgan fingerprint density at radius 2 is 1.95 bits per heavy atom. The molecule has 0 unspecified atom stereocenters. The highest BCUT2D eigenvalue weighted by Crippen LogP contribution is 2.15. The first-order valence-corrected chi connectivity index (χ1v) is 9.11. The van der Waals surface area contributed by atoms with Gasteiger partial charge in [-0.15, -0.1) is 0 Å². The highest BCUT2D eigenvalue weighted by atomic mass is 32.2. The van der Waals surface area contributed by atoms with Crippen molar-refractivity contribution in [1.29, 1.82) is 0 Å². The topological polar surface area (TPSA) is 49.4 Å². The Morgan fingerprint density at radius 1 is 1.29 bits per heavy atom. The number of sulfone groups is 1. The summed E-state index contributed by atoms with van der Waals surface area (Å²) in [5, 5.41) is 3.31. The van der Waals surface area contributed by atoms with Gasteiger partial charge in [-0.2, -0.15) is 0 Å². The Morgan fingerprint density at radius 3 is 2.57 bits per heavy atom. The van der Waals surface area contributed by atoms with Crippen LogP contribution in [0, 0.1) is 5.82 Å². The summed E-state index contributed by atoms with van der Waals surface area (Å²) in [6.45, 7) is 6.28. The van der Waals surface area contributed by atoms with E-state index in [2.05, 4.69) is 19.2 Å². The van der Waals surface area contributed by atoms with Gasteiger partial charge in [0.15, 0.2) is 9.84 Å². The van der Waals surface area contributed by atoms with Gasteiger partial charge in [-0.25, -0.2) is 12.8 Å². The summed E-state index contributed by atoms with van der Waals surface area (Å²) in [5.41, 5.74) is 1.68. The van der Waals surface area contributed by atoms with Crippen LogP contribution in [-0.2, 0) is 22.9 Å². The van der Waals surface area contributed by atoms with Crippen molar-refractivity contribution in [2.75, 3.05) is 24.6 Å². The van der Waals surface area contributed by atoms with Gasteiger partial charge < -0.3 is 5.32 Å². The first-order chi connectivity index (χ1) is 9.85. The molecule has 1 N–H and O–H groups in total. The lowest BCUT2D eigenvalue weighted by molar-refractivity contribution is 0.283. The minimum atomic E-state index is -2.89. The van der Waals surface area contributed by atoms with E-state index in [9.17, 15) is 12.8 Å². The molecule has 1 aliphatic rings. The quantitative estimate of drug-likeness (QED) is 0.896. The Bertz CT molecular complexity index is 573. The molecule has 4 nitrogen and oxygen atoms in total. The van der Waals surface area contributed by atoms with Crippen LogP contribution in [0.2, 0.25) is 0 Å². The fourth-order valence-electron chi connectivity index (χ4n) is 2.33. The summed E-state index contributed by atoms with van der Waals surface area (Å²) in [6, 6.07) is 5.53. The molecule has 0 radical (unpaired) electrons. The summed E-state index contributed by atoms with van der Waals surface area (Å²) in [7, 11) is -2.89.